The minimum Gasteiger partial charge on any atom is -0.497 e. The normalized spacial score (nSPS) is 15.1. The van der Waals surface area contributed by atoms with Crippen molar-refractivity contribution in [3.05, 3.63) is 59.7 Å². The largest absolute Gasteiger partial charge is 0.497 e. The number of carbonyl (C=O) groups is 2. The summed E-state index contributed by atoms with van der Waals surface area (Å²) in [6.07, 6.45) is 4.20. The van der Waals surface area contributed by atoms with E-state index in [0.29, 0.717) is 24.5 Å². The predicted octanol–water partition coefficient (Wildman–Crippen LogP) is 4.52. The van der Waals surface area contributed by atoms with Gasteiger partial charge < -0.3 is 20.3 Å². The summed E-state index contributed by atoms with van der Waals surface area (Å²) in [5.74, 6) is 0.661. The molecule has 6 heteroatoms. The summed E-state index contributed by atoms with van der Waals surface area (Å²) in [5, 5.41) is 6.06. The van der Waals surface area contributed by atoms with Crippen LogP contribution in [-0.4, -0.2) is 37.0 Å². The van der Waals surface area contributed by atoms with Crippen molar-refractivity contribution in [3.63, 3.8) is 0 Å². The van der Waals surface area contributed by atoms with Crippen LogP contribution in [-0.2, 0) is 11.2 Å². The maximum Gasteiger partial charge on any atom is 0.321 e. The molecule has 3 rings (SSSR count). The van der Waals surface area contributed by atoms with Gasteiger partial charge in [0, 0.05) is 31.3 Å². The fraction of sp³-hybridized carbons (Fsp3) is 0.417. The highest BCUT2D eigenvalue weighted by atomic mass is 16.5. The number of aryl methyl sites for hydroxylation is 1. The first-order chi connectivity index (χ1) is 14.6. The molecule has 0 fully saturated rings. The molecule has 0 bridgehead atoms. The Kier molecular flexibility index (Phi) is 7.71. The van der Waals surface area contributed by atoms with Crippen LogP contribution >= 0.6 is 0 Å². The minimum atomic E-state index is -0.207. The number of rotatable bonds is 8. The molecule has 2 N–H and O–H groups in total. The van der Waals surface area contributed by atoms with Gasteiger partial charge in [-0.15, -0.1) is 0 Å². The fourth-order valence-corrected chi connectivity index (χ4v) is 3.90. The molecule has 0 radical (unpaired) electrons. The molecular formula is C24H31N3O3. The number of nitrogens with zero attached hydrogens (tertiary/aromatic N) is 1. The molecule has 0 heterocycles. The molecule has 2 aromatic rings. The van der Waals surface area contributed by atoms with E-state index in [-0.39, 0.29) is 24.4 Å². The summed E-state index contributed by atoms with van der Waals surface area (Å²) in [4.78, 5) is 27.0. The standard InChI is InChI=1S/C24H31N3O3/c1-3-15-27(24(29)25-19-10-7-11-20(17-19)30-2)16-14-23(28)26-22-13-6-9-18-8-4-5-12-21(18)22/h4-5,7-8,10-12,17,22H,3,6,9,13-16H2,1-2H3,(H,25,29)(H,26,28). The summed E-state index contributed by atoms with van der Waals surface area (Å²) in [5.41, 5.74) is 3.21. The molecule has 0 spiro atoms. The third-order valence-corrected chi connectivity index (χ3v) is 5.42. The number of methoxy groups -OCH3 is 1. The van der Waals surface area contributed by atoms with Crippen LogP contribution in [0.4, 0.5) is 10.5 Å². The Morgan fingerprint density at radius 3 is 2.77 bits per heavy atom. The molecule has 0 saturated heterocycles. The van der Waals surface area contributed by atoms with Crippen molar-refractivity contribution in [2.75, 3.05) is 25.5 Å². The number of urea groups is 1. The molecule has 1 atom stereocenters. The van der Waals surface area contributed by atoms with Crippen LogP contribution in [0, 0.1) is 0 Å². The summed E-state index contributed by atoms with van der Waals surface area (Å²) >= 11 is 0. The number of nitrogens with one attached hydrogen (secondary N) is 2. The lowest BCUT2D eigenvalue weighted by Gasteiger charge is -2.27. The molecule has 0 saturated carbocycles. The van der Waals surface area contributed by atoms with Crippen LogP contribution in [0.5, 0.6) is 5.75 Å². The number of carbonyl (C=O) groups excluding carboxylic acids is 2. The second-order valence-electron chi connectivity index (χ2n) is 7.61. The van der Waals surface area contributed by atoms with Crippen LogP contribution in [0.25, 0.3) is 0 Å². The summed E-state index contributed by atoms with van der Waals surface area (Å²) in [7, 11) is 1.59. The molecular weight excluding hydrogens is 378 g/mol. The van der Waals surface area contributed by atoms with E-state index in [2.05, 4.69) is 22.8 Å². The molecule has 0 aromatic heterocycles. The van der Waals surface area contributed by atoms with Gasteiger partial charge in [0.15, 0.2) is 0 Å². The zero-order chi connectivity index (χ0) is 21.3. The smallest absolute Gasteiger partial charge is 0.321 e. The lowest BCUT2D eigenvalue weighted by molar-refractivity contribution is -0.122. The lowest BCUT2D eigenvalue weighted by atomic mass is 9.87. The van der Waals surface area contributed by atoms with E-state index in [1.54, 1.807) is 18.1 Å². The van der Waals surface area contributed by atoms with Crippen molar-refractivity contribution in [3.8, 4) is 5.75 Å². The highest BCUT2D eigenvalue weighted by Gasteiger charge is 2.22. The van der Waals surface area contributed by atoms with Crippen molar-refractivity contribution in [1.29, 1.82) is 0 Å². The zero-order valence-corrected chi connectivity index (χ0v) is 17.8. The number of anilines is 1. The first kappa shape index (κ1) is 21.7. The van der Waals surface area contributed by atoms with E-state index in [4.69, 9.17) is 4.74 Å². The summed E-state index contributed by atoms with van der Waals surface area (Å²) in [6, 6.07) is 15.4. The van der Waals surface area contributed by atoms with E-state index in [0.717, 1.165) is 25.7 Å². The van der Waals surface area contributed by atoms with Gasteiger partial charge in [-0.05, 0) is 48.9 Å². The highest BCUT2D eigenvalue weighted by Crippen LogP contribution is 2.29. The Labute approximate surface area is 178 Å². The molecule has 1 aliphatic rings. The Morgan fingerprint density at radius 1 is 1.13 bits per heavy atom. The maximum absolute atomic E-state index is 12.7. The fourth-order valence-electron chi connectivity index (χ4n) is 3.90. The zero-order valence-electron chi connectivity index (χ0n) is 17.8. The quantitative estimate of drug-likeness (QED) is 0.673. The van der Waals surface area contributed by atoms with Gasteiger partial charge in [0.1, 0.15) is 5.75 Å². The molecule has 3 amide bonds. The van der Waals surface area contributed by atoms with Gasteiger partial charge in [0.2, 0.25) is 5.91 Å². The van der Waals surface area contributed by atoms with Crippen LogP contribution < -0.4 is 15.4 Å². The topological polar surface area (TPSA) is 70.7 Å². The van der Waals surface area contributed by atoms with E-state index >= 15 is 0 Å². The average Bonchev–Trinajstić information content (AvgIpc) is 2.77. The van der Waals surface area contributed by atoms with Gasteiger partial charge in [-0.2, -0.15) is 0 Å². The van der Waals surface area contributed by atoms with Gasteiger partial charge in [0.05, 0.1) is 13.2 Å². The molecule has 6 nitrogen and oxygen atoms in total. The first-order valence-corrected chi connectivity index (χ1v) is 10.7. The Morgan fingerprint density at radius 2 is 1.97 bits per heavy atom. The van der Waals surface area contributed by atoms with Crippen molar-refractivity contribution in [1.82, 2.24) is 10.2 Å². The first-order valence-electron chi connectivity index (χ1n) is 10.7. The van der Waals surface area contributed by atoms with Gasteiger partial charge >= 0.3 is 6.03 Å². The molecule has 30 heavy (non-hydrogen) atoms. The molecule has 160 valence electrons. The predicted molar refractivity (Wildman–Crippen MR) is 119 cm³/mol. The Hall–Kier alpha value is -3.02. The van der Waals surface area contributed by atoms with Crippen LogP contribution in [0.1, 0.15) is 49.8 Å². The van der Waals surface area contributed by atoms with Crippen LogP contribution in [0.2, 0.25) is 0 Å². The number of fused-ring (bicyclic) bond motifs is 1. The van der Waals surface area contributed by atoms with Gasteiger partial charge in [-0.3, -0.25) is 4.79 Å². The van der Waals surface area contributed by atoms with Gasteiger partial charge in [0.25, 0.3) is 0 Å². The monoisotopic (exact) mass is 409 g/mol. The number of hydrogen-bond donors (Lipinski definition) is 2. The van der Waals surface area contributed by atoms with Crippen molar-refractivity contribution in [2.24, 2.45) is 0 Å². The molecule has 1 aliphatic carbocycles. The lowest BCUT2D eigenvalue weighted by Crippen LogP contribution is -2.39. The third-order valence-electron chi connectivity index (χ3n) is 5.42. The van der Waals surface area contributed by atoms with Crippen molar-refractivity contribution >= 4 is 17.6 Å². The molecule has 0 aliphatic heterocycles. The van der Waals surface area contributed by atoms with E-state index < -0.39 is 0 Å². The second-order valence-corrected chi connectivity index (χ2v) is 7.61. The third kappa shape index (κ3) is 5.75. The summed E-state index contributed by atoms with van der Waals surface area (Å²) in [6.45, 7) is 2.99. The number of amides is 3. The average molecular weight is 410 g/mol. The SMILES string of the molecule is CCCN(CCC(=O)NC1CCCc2ccccc21)C(=O)Nc1cccc(OC)c1. The number of benzene rings is 2. The number of ether oxygens (including phenoxy) is 1. The van der Waals surface area contributed by atoms with E-state index in [9.17, 15) is 9.59 Å². The summed E-state index contributed by atoms with van der Waals surface area (Å²) < 4.78 is 5.20. The van der Waals surface area contributed by atoms with Crippen molar-refractivity contribution in [2.45, 2.75) is 45.1 Å². The minimum absolute atomic E-state index is 0.0213. The molecule has 2 aromatic carbocycles. The highest BCUT2D eigenvalue weighted by molar-refractivity contribution is 5.90. The van der Waals surface area contributed by atoms with Crippen LogP contribution in [0.15, 0.2) is 48.5 Å². The van der Waals surface area contributed by atoms with Gasteiger partial charge in [-0.1, -0.05) is 37.3 Å². The van der Waals surface area contributed by atoms with Crippen molar-refractivity contribution < 1.29 is 14.3 Å². The van der Waals surface area contributed by atoms with Gasteiger partial charge in [-0.25, -0.2) is 4.79 Å². The Bertz CT molecular complexity index is 868. The second kappa shape index (κ2) is 10.7. The van der Waals surface area contributed by atoms with E-state index in [1.165, 1.54) is 11.1 Å². The number of hydrogen-bond acceptors (Lipinski definition) is 3. The van der Waals surface area contributed by atoms with Crippen LogP contribution in [0.3, 0.4) is 0 Å². The Balaban J connectivity index is 1.55. The van der Waals surface area contributed by atoms with E-state index in [1.807, 2.05) is 37.3 Å². The molecule has 1 unspecified atom stereocenters. The maximum atomic E-state index is 12.7.